The van der Waals surface area contributed by atoms with E-state index >= 15 is 0 Å². The van der Waals surface area contributed by atoms with E-state index < -0.39 is 0 Å². The van der Waals surface area contributed by atoms with Gasteiger partial charge in [-0.2, -0.15) is 0 Å². The molecule has 0 saturated heterocycles. The van der Waals surface area contributed by atoms with Gasteiger partial charge in [0.15, 0.2) is 0 Å². The molecule has 0 aromatic heterocycles. The number of benzene rings is 1. The second-order valence-corrected chi connectivity index (χ2v) is 3.52. The number of nitrogens with one attached hydrogen (secondary N) is 1. The summed E-state index contributed by atoms with van der Waals surface area (Å²) < 4.78 is 11.3. The summed E-state index contributed by atoms with van der Waals surface area (Å²) in [5, 5.41) is 3.20. The van der Waals surface area contributed by atoms with Crippen LogP contribution in [0.5, 0.6) is 11.5 Å². The molecule has 0 unspecified atom stereocenters. The maximum atomic E-state index is 5.21. The number of hydrogen-bond acceptors (Lipinski definition) is 3. The predicted octanol–water partition coefficient (Wildman–Crippen LogP) is 2.90. The van der Waals surface area contributed by atoms with E-state index in [0.29, 0.717) is 0 Å². The Kier molecular flexibility index (Phi) is 4.07. The average Bonchev–Trinajstić information content (AvgIpc) is 2.20. The summed E-state index contributed by atoms with van der Waals surface area (Å²) >= 11 is 3.41. The Morgan fingerprint density at radius 3 is 2.07 bits per heavy atom. The van der Waals surface area contributed by atoms with Gasteiger partial charge in [-0.15, -0.1) is 0 Å². The van der Waals surface area contributed by atoms with Crippen molar-refractivity contribution in [2.24, 2.45) is 0 Å². The predicted molar refractivity (Wildman–Crippen MR) is 61.4 cm³/mol. The summed E-state index contributed by atoms with van der Waals surface area (Å²) in [4.78, 5) is 0. The standard InChI is InChI=1S/C10H14BrNO2/c1-4-12-7-5-8(13-2)10(11)9(6-7)14-3/h5-6,12H,4H2,1-3H3. The lowest BCUT2D eigenvalue weighted by Gasteiger charge is -2.11. The molecule has 0 radical (unpaired) electrons. The van der Waals surface area contributed by atoms with Crippen molar-refractivity contribution >= 4 is 21.6 Å². The van der Waals surface area contributed by atoms with Gasteiger partial charge in [-0.3, -0.25) is 0 Å². The van der Waals surface area contributed by atoms with Crippen LogP contribution >= 0.6 is 15.9 Å². The van der Waals surface area contributed by atoms with Crippen LogP contribution in [0.25, 0.3) is 0 Å². The highest BCUT2D eigenvalue weighted by atomic mass is 79.9. The van der Waals surface area contributed by atoms with E-state index in [1.807, 2.05) is 19.1 Å². The zero-order valence-corrected chi connectivity index (χ0v) is 10.1. The Labute approximate surface area is 92.5 Å². The van der Waals surface area contributed by atoms with Crippen molar-refractivity contribution < 1.29 is 9.47 Å². The van der Waals surface area contributed by atoms with Crippen LogP contribution in [0.2, 0.25) is 0 Å². The summed E-state index contributed by atoms with van der Waals surface area (Å²) in [5.74, 6) is 1.53. The zero-order chi connectivity index (χ0) is 10.6. The van der Waals surface area contributed by atoms with Gasteiger partial charge in [-0.25, -0.2) is 0 Å². The third-order valence-corrected chi connectivity index (χ3v) is 2.61. The van der Waals surface area contributed by atoms with E-state index in [1.54, 1.807) is 14.2 Å². The lowest BCUT2D eigenvalue weighted by molar-refractivity contribution is 0.390. The smallest absolute Gasteiger partial charge is 0.138 e. The van der Waals surface area contributed by atoms with E-state index in [0.717, 1.165) is 28.2 Å². The summed E-state index contributed by atoms with van der Waals surface area (Å²) in [6.07, 6.45) is 0. The molecule has 0 aliphatic rings. The van der Waals surface area contributed by atoms with Crippen molar-refractivity contribution in [1.82, 2.24) is 0 Å². The maximum absolute atomic E-state index is 5.21. The number of hydrogen-bond donors (Lipinski definition) is 1. The fourth-order valence-corrected chi connectivity index (χ4v) is 1.73. The van der Waals surface area contributed by atoms with Gasteiger partial charge >= 0.3 is 0 Å². The van der Waals surface area contributed by atoms with Gasteiger partial charge in [-0.05, 0) is 22.9 Å². The summed E-state index contributed by atoms with van der Waals surface area (Å²) in [7, 11) is 3.27. The molecule has 0 bridgehead atoms. The van der Waals surface area contributed by atoms with Crippen molar-refractivity contribution in [3.05, 3.63) is 16.6 Å². The normalized spacial score (nSPS) is 9.71. The summed E-state index contributed by atoms with van der Waals surface area (Å²) in [6, 6.07) is 3.85. The van der Waals surface area contributed by atoms with Crippen LogP contribution in [-0.4, -0.2) is 20.8 Å². The van der Waals surface area contributed by atoms with Crippen molar-refractivity contribution in [1.29, 1.82) is 0 Å². The van der Waals surface area contributed by atoms with Crippen LogP contribution < -0.4 is 14.8 Å². The highest BCUT2D eigenvalue weighted by Gasteiger charge is 2.08. The zero-order valence-electron chi connectivity index (χ0n) is 8.56. The minimum Gasteiger partial charge on any atom is -0.495 e. The van der Waals surface area contributed by atoms with Crippen molar-refractivity contribution in [2.45, 2.75) is 6.92 Å². The molecule has 0 aliphatic carbocycles. The molecule has 0 spiro atoms. The molecule has 3 nitrogen and oxygen atoms in total. The quantitative estimate of drug-likeness (QED) is 0.902. The lowest BCUT2D eigenvalue weighted by Crippen LogP contribution is -1.98. The molecule has 1 aromatic rings. The molecule has 0 amide bonds. The van der Waals surface area contributed by atoms with E-state index in [2.05, 4.69) is 21.2 Å². The van der Waals surface area contributed by atoms with Crippen molar-refractivity contribution in [3.8, 4) is 11.5 Å². The molecule has 4 heteroatoms. The monoisotopic (exact) mass is 259 g/mol. The van der Waals surface area contributed by atoms with Crippen LogP contribution in [-0.2, 0) is 0 Å². The van der Waals surface area contributed by atoms with Gasteiger partial charge < -0.3 is 14.8 Å². The number of halogens is 1. The van der Waals surface area contributed by atoms with Crippen LogP contribution in [0.1, 0.15) is 6.92 Å². The van der Waals surface area contributed by atoms with E-state index in [1.165, 1.54) is 0 Å². The fourth-order valence-electron chi connectivity index (χ4n) is 1.18. The van der Waals surface area contributed by atoms with Gasteiger partial charge in [0.05, 0.1) is 14.2 Å². The van der Waals surface area contributed by atoms with E-state index in [-0.39, 0.29) is 0 Å². The molecule has 14 heavy (non-hydrogen) atoms. The molecule has 1 N–H and O–H groups in total. The summed E-state index contributed by atoms with van der Waals surface area (Å²) in [6.45, 7) is 2.91. The molecule has 0 aliphatic heterocycles. The Morgan fingerprint density at radius 2 is 1.71 bits per heavy atom. The highest BCUT2D eigenvalue weighted by Crippen LogP contribution is 2.37. The van der Waals surface area contributed by atoms with Gasteiger partial charge in [0.1, 0.15) is 16.0 Å². The molecule has 1 aromatic carbocycles. The van der Waals surface area contributed by atoms with Gasteiger partial charge in [0.2, 0.25) is 0 Å². The van der Waals surface area contributed by atoms with Crippen LogP contribution in [0.15, 0.2) is 16.6 Å². The SMILES string of the molecule is CCNc1cc(OC)c(Br)c(OC)c1. The average molecular weight is 260 g/mol. The Balaban J connectivity index is 3.11. The minimum absolute atomic E-state index is 0.764. The Bertz CT molecular complexity index is 290. The number of ether oxygens (including phenoxy) is 2. The topological polar surface area (TPSA) is 30.5 Å². The van der Waals surface area contributed by atoms with E-state index in [4.69, 9.17) is 9.47 Å². The van der Waals surface area contributed by atoms with Gasteiger partial charge in [0.25, 0.3) is 0 Å². The van der Waals surface area contributed by atoms with Crippen molar-refractivity contribution in [2.75, 3.05) is 26.1 Å². The second-order valence-electron chi connectivity index (χ2n) is 2.73. The molecule has 0 atom stereocenters. The van der Waals surface area contributed by atoms with Crippen molar-refractivity contribution in [3.63, 3.8) is 0 Å². The Hall–Kier alpha value is -0.900. The van der Waals surface area contributed by atoms with Crippen LogP contribution in [0.4, 0.5) is 5.69 Å². The molecule has 0 saturated carbocycles. The number of rotatable bonds is 4. The number of anilines is 1. The van der Waals surface area contributed by atoms with Crippen LogP contribution in [0.3, 0.4) is 0 Å². The van der Waals surface area contributed by atoms with Crippen LogP contribution in [0, 0.1) is 0 Å². The first-order chi connectivity index (χ1) is 6.72. The molecule has 0 fully saturated rings. The number of methoxy groups -OCH3 is 2. The molecule has 0 heterocycles. The fraction of sp³-hybridized carbons (Fsp3) is 0.400. The highest BCUT2D eigenvalue weighted by molar-refractivity contribution is 9.10. The maximum Gasteiger partial charge on any atom is 0.138 e. The lowest BCUT2D eigenvalue weighted by atomic mass is 10.2. The third kappa shape index (κ3) is 2.32. The largest absolute Gasteiger partial charge is 0.495 e. The molecule has 78 valence electrons. The summed E-state index contributed by atoms with van der Waals surface area (Å²) in [5.41, 5.74) is 0.990. The molecular formula is C10H14BrNO2. The first-order valence-electron chi connectivity index (χ1n) is 4.38. The van der Waals surface area contributed by atoms with Gasteiger partial charge in [-0.1, -0.05) is 0 Å². The Morgan fingerprint density at radius 1 is 1.21 bits per heavy atom. The first-order valence-corrected chi connectivity index (χ1v) is 5.17. The second kappa shape index (κ2) is 5.10. The van der Waals surface area contributed by atoms with Gasteiger partial charge in [0, 0.05) is 24.4 Å². The first kappa shape index (κ1) is 11.2. The minimum atomic E-state index is 0.764. The van der Waals surface area contributed by atoms with E-state index in [9.17, 15) is 0 Å². The third-order valence-electron chi connectivity index (χ3n) is 1.83. The molecule has 1 rings (SSSR count). The molecular weight excluding hydrogens is 246 g/mol.